The van der Waals surface area contributed by atoms with Gasteiger partial charge in [0.15, 0.2) is 0 Å². The maximum atomic E-state index is 12.3. The summed E-state index contributed by atoms with van der Waals surface area (Å²) in [6, 6.07) is 9.57. The summed E-state index contributed by atoms with van der Waals surface area (Å²) in [6.07, 6.45) is 1.13. The Morgan fingerprint density at radius 1 is 1.30 bits per heavy atom. The number of ether oxygens (including phenoxy) is 1. The average Bonchev–Trinajstić information content (AvgIpc) is 3.16. The summed E-state index contributed by atoms with van der Waals surface area (Å²) in [6.45, 7) is 2.51. The predicted molar refractivity (Wildman–Crippen MR) is 90.6 cm³/mol. The van der Waals surface area contributed by atoms with Crippen LogP contribution in [0.1, 0.15) is 28.1 Å². The largest absolute Gasteiger partial charge is 0.368 e. The SMILES string of the molecule is Cc1sc(NC(=O)[C@H]2CCCO2)c(C(N)=O)c1-c1ccccc1. The summed E-state index contributed by atoms with van der Waals surface area (Å²) in [7, 11) is 0. The van der Waals surface area contributed by atoms with Crippen molar-refractivity contribution < 1.29 is 14.3 Å². The molecule has 6 heteroatoms. The minimum atomic E-state index is -0.546. The van der Waals surface area contributed by atoms with Crippen LogP contribution in [0.15, 0.2) is 30.3 Å². The zero-order chi connectivity index (χ0) is 16.4. The Labute approximate surface area is 138 Å². The van der Waals surface area contributed by atoms with Crippen molar-refractivity contribution in [2.75, 3.05) is 11.9 Å². The van der Waals surface area contributed by atoms with Gasteiger partial charge in [-0.3, -0.25) is 9.59 Å². The number of amides is 2. The molecule has 0 spiro atoms. The molecule has 1 aromatic carbocycles. The van der Waals surface area contributed by atoms with Gasteiger partial charge in [-0.1, -0.05) is 30.3 Å². The van der Waals surface area contributed by atoms with Gasteiger partial charge in [0, 0.05) is 17.0 Å². The molecule has 1 fully saturated rings. The molecular formula is C17H18N2O3S. The van der Waals surface area contributed by atoms with E-state index in [1.807, 2.05) is 37.3 Å². The first-order chi connectivity index (χ1) is 11.1. The third kappa shape index (κ3) is 3.13. The zero-order valence-corrected chi connectivity index (χ0v) is 13.6. The van der Waals surface area contributed by atoms with Crippen LogP contribution in [0.25, 0.3) is 11.1 Å². The molecule has 0 radical (unpaired) electrons. The summed E-state index contributed by atoms with van der Waals surface area (Å²) in [5.74, 6) is -0.762. The molecule has 23 heavy (non-hydrogen) atoms. The highest BCUT2D eigenvalue weighted by Crippen LogP contribution is 2.39. The lowest BCUT2D eigenvalue weighted by atomic mass is 10.0. The van der Waals surface area contributed by atoms with Crippen molar-refractivity contribution in [1.82, 2.24) is 0 Å². The van der Waals surface area contributed by atoms with Crippen LogP contribution in [0.2, 0.25) is 0 Å². The van der Waals surface area contributed by atoms with Crippen molar-refractivity contribution in [2.24, 2.45) is 5.73 Å². The number of carbonyl (C=O) groups is 2. The lowest BCUT2D eigenvalue weighted by Gasteiger charge is -2.10. The van der Waals surface area contributed by atoms with Crippen molar-refractivity contribution in [3.05, 3.63) is 40.8 Å². The molecule has 0 saturated carbocycles. The van der Waals surface area contributed by atoms with Crippen LogP contribution < -0.4 is 11.1 Å². The molecule has 1 saturated heterocycles. The van der Waals surface area contributed by atoms with Gasteiger partial charge in [0.1, 0.15) is 11.1 Å². The van der Waals surface area contributed by atoms with Crippen LogP contribution in [-0.4, -0.2) is 24.5 Å². The van der Waals surface area contributed by atoms with Gasteiger partial charge in [-0.2, -0.15) is 0 Å². The van der Waals surface area contributed by atoms with Gasteiger partial charge in [0.05, 0.1) is 5.56 Å². The first-order valence-corrected chi connectivity index (χ1v) is 8.30. The maximum absolute atomic E-state index is 12.3. The molecule has 5 nitrogen and oxygen atoms in total. The quantitative estimate of drug-likeness (QED) is 0.904. The van der Waals surface area contributed by atoms with Gasteiger partial charge in [-0.05, 0) is 25.3 Å². The summed E-state index contributed by atoms with van der Waals surface area (Å²) in [4.78, 5) is 25.2. The Balaban J connectivity index is 1.98. The second kappa shape index (κ2) is 6.52. The molecule has 2 amide bonds. The van der Waals surface area contributed by atoms with Crippen molar-refractivity contribution in [3.8, 4) is 11.1 Å². The number of primary amides is 1. The Morgan fingerprint density at radius 2 is 2.04 bits per heavy atom. The van der Waals surface area contributed by atoms with Crippen molar-refractivity contribution in [3.63, 3.8) is 0 Å². The van der Waals surface area contributed by atoms with E-state index in [2.05, 4.69) is 5.32 Å². The highest BCUT2D eigenvalue weighted by Gasteiger charge is 2.27. The van der Waals surface area contributed by atoms with Crippen LogP contribution >= 0.6 is 11.3 Å². The number of hydrogen-bond donors (Lipinski definition) is 2. The molecule has 1 aliphatic rings. The van der Waals surface area contributed by atoms with Crippen molar-refractivity contribution in [1.29, 1.82) is 0 Å². The van der Waals surface area contributed by atoms with E-state index in [1.165, 1.54) is 11.3 Å². The first-order valence-electron chi connectivity index (χ1n) is 7.49. The highest BCUT2D eigenvalue weighted by atomic mass is 32.1. The number of carbonyl (C=O) groups excluding carboxylic acids is 2. The average molecular weight is 330 g/mol. The molecule has 1 atom stereocenters. The second-order valence-electron chi connectivity index (χ2n) is 5.46. The van der Waals surface area contributed by atoms with E-state index < -0.39 is 12.0 Å². The second-order valence-corrected chi connectivity index (χ2v) is 6.68. The minimum absolute atomic E-state index is 0.217. The summed E-state index contributed by atoms with van der Waals surface area (Å²) in [5, 5.41) is 3.31. The summed E-state index contributed by atoms with van der Waals surface area (Å²) in [5.41, 5.74) is 7.64. The highest BCUT2D eigenvalue weighted by molar-refractivity contribution is 7.17. The molecule has 0 aliphatic carbocycles. The minimum Gasteiger partial charge on any atom is -0.368 e. The Bertz CT molecular complexity index is 734. The topological polar surface area (TPSA) is 81.4 Å². The molecule has 3 rings (SSSR count). The number of nitrogens with two attached hydrogens (primary N) is 1. The van der Waals surface area contributed by atoms with Gasteiger partial charge in [0.25, 0.3) is 11.8 Å². The van der Waals surface area contributed by atoms with Crippen LogP contribution in [0, 0.1) is 6.92 Å². The number of benzene rings is 1. The number of anilines is 1. The molecule has 0 unspecified atom stereocenters. The van der Waals surface area contributed by atoms with Gasteiger partial charge < -0.3 is 15.8 Å². The van der Waals surface area contributed by atoms with Gasteiger partial charge >= 0.3 is 0 Å². The van der Waals surface area contributed by atoms with E-state index in [9.17, 15) is 9.59 Å². The molecule has 2 heterocycles. The molecule has 0 bridgehead atoms. The normalized spacial score (nSPS) is 17.2. The van der Waals surface area contributed by atoms with Crippen LogP contribution in [0.3, 0.4) is 0 Å². The summed E-state index contributed by atoms with van der Waals surface area (Å²) >= 11 is 1.36. The number of thiophene rings is 1. The number of aryl methyl sites for hydroxylation is 1. The van der Waals surface area contributed by atoms with E-state index >= 15 is 0 Å². The number of nitrogens with one attached hydrogen (secondary N) is 1. The lowest BCUT2D eigenvalue weighted by Crippen LogP contribution is -2.27. The van der Waals surface area contributed by atoms with Crippen LogP contribution in [-0.2, 0) is 9.53 Å². The molecule has 2 aromatic rings. The number of rotatable bonds is 4. The third-order valence-corrected chi connectivity index (χ3v) is 4.87. The fraction of sp³-hybridized carbons (Fsp3) is 0.294. The molecule has 120 valence electrons. The Morgan fingerprint density at radius 3 is 2.65 bits per heavy atom. The monoisotopic (exact) mass is 330 g/mol. The third-order valence-electron chi connectivity index (χ3n) is 3.85. The van der Waals surface area contributed by atoms with E-state index in [4.69, 9.17) is 10.5 Å². The molecule has 3 N–H and O–H groups in total. The predicted octanol–water partition coefficient (Wildman–Crippen LogP) is 2.94. The van der Waals surface area contributed by atoms with Gasteiger partial charge in [-0.15, -0.1) is 11.3 Å². The van der Waals surface area contributed by atoms with Crippen LogP contribution in [0.4, 0.5) is 5.00 Å². The first kappa shape index (κ1) is 15.7. The lowest BCUT2D eigenvalue weighted by molar-refractivity contribution is -0.124. The van der Waals surface area contributed by atoms with Gasteiger partial charge in [-0.25, -0.2) is 0 Å². The van der Waals surface area contributed by atoms with Crippen LogP contribution in [0.5, 0.6) is 0 Å². The molecular weight excluding hydrogens is 312 g/mol. The zero-order valence-electron chi connectivity index (χ0n) is 12.8. The Kier molecular flexibility index (Phi) is 4.45. The van der Waals surface area contributed by atoms with E-state index in [-0.39, 0.29) is 5.91 Å². The Hall–Kier alpha value is -2.18. The smallest absolute Gasteiger partial charge is 0.254 e. The fourth-order valence-electron chi connectivity index (χ4n) is 2.80. The van der Waals surface area contributed by atoms with E-state index in [0.717, 1.165) is 22.4 Å². The maximum Gasteiger partial charge on any atom is 0.254 e. The van der Waals surface area contributed by atoms with E-state index in [1.54, 1.807) is 0 Å². The molecule has 1 aliphatic heterocycles. The van der Waals surface area contributed by atoms with Crippen molar-refractivity contribution >= 4 is 28.2 Å². The van der Waals surface area contributed by atoms with Gasteiger partial charge in [0.2, 0.25) is 0 Å². The van der Waals surface area contributed by atoms with E-state index in [0.29, 0.717) is 23.6 Å². The summed E-state index contributed by atoms with van der Waals surface area (Å²) < 4.78 is 5.39. The fourth-order valence-corrected chi connectivity index (χ4v) is 3.88. The standard InChI is InChI=1S/C17H18N2O3S/c1-10-13(11-6-3-2-4-7-11)14(15(18)20)17(23-10)19-16(21)12-8-5-9-22-12/h2-4,6-7,12H,5,8-9H2,1H3,(H2,18,20)(H,19,21)/t12-/m1/s1. The van der Waals surface area contributed by atoms with Crippen molar-refractivity contribution in [2.45, 2.75) is 25.9 Å². The molecule has 1 aromatic heterocycles. The number of hydrogen-bond acceptors (Lipinski definition) is 4.